The highest BCUT2D eigenvalue weighted by Crippen LogP contribution is 2.23. The van der Waals surface area contributed by atoms with E-state index in [1.54, 1.807) is 7.11 Å². The molecule has 0 unspecified atom stereocenters. The van der Waals surface area contributed by atoms with Crippen molar-refractivity contribution in [3.05, 3.63) is 36.1 Å². The Hall–Kier alpha value is -1.29. The largest absolute Gasteiger partial charge is 0.497 e. The van der Waals surface area contributed by atoms with Gasteiger partial charge in [-0.05, 0) is 12.1 Å². The zero-order chi connectivity index (χ0) is 10.7. The smallest absolute Gasteiger partial charge is 0.147 e. The van der Waals surface area contributed by atoms with Crippen molar-refractivity contribution < 1.29 is 9.26 Å². The van der Waals surface area contributed by atoms with Crippen LogP contribution < -0.4 is 4.74 Å². The minimum absolute atomic E-state index is 0.671. The van der Waals surface area contributed by atoms with Crippen molar-refractivity contribution in [3.8, 4) is 17.0 Å². The lowest BCUT2D eigenvalue weighted by Gasteiger charge is -2.00. The van der Waals surface area contributed by atoms with Crippen LogP contribution in [0.3, 0.4) is 0 Å². The first-order valence-corrected chi connectivity index (χ1v) is 5.61. The summed E-state index contributed by atoms with van der Waals surface area (Å²) in [6, 6.07) is 9.63. The average molecular weight is 268 g/mol. The van der Waals surface area contributed by atoms with Crippen molar-refractivity contribution in [1.82, 2.24) is 5.16 Å². The van der Waals surface area contributed by atoms with Gasteiger partial charge in [0, 0.05) is 11.6 Å². The van der Waals surface area contributed by atoms with Gasteiger partial charge in [-0.15, -0.1) is 0 Å². The quantitative estimate of drug-likeness (QED) is 0.801. The molecule has 1 heterocycles. The van der Waals surface area contributed by atoms with Gasteiger partial charge in [-0.2, -0.15) is 0 Å². The van der Waals surface area contributed by atoms with E-state index in [2.05, 4.69) is 21.1 Å². The second kappa shape index (κ2) is 4.49. The van der Waals surface area contributed by atoms with E-state index in [4.69, 9.17) is 9.26 Å². The Morgan fingerprint density at radius 1 is 1.40 bits per heavy atom. The molecule has 15 heavy (non-hydrogen) atoms. The Kier molecular flexibility index (Phi) is 3.06. The van der Waals surface area contributed by atoms with Crippen molar-refractivity contribution in [2.75, 3.05) is 7.11 Å². The van der Waals surface area contributed by atoms with E-state index in [9.17, 15) is 0 Å². The molecule has 0 spiro atoms. The Morgan fingerprint density at radius 3 is 2.93 bits per heavy atom. The number of hydrogen-bond acceptors (Lipinski definition) is 3. The molecule has 0 aliphatic rings. The predicted octanol–water partition coefficient (Wildman–Crippen LogP) is 3.25. The van der Waals surface area contributed by atoms with Crippen molar-refractivity contribution in [2.24, 2.45) is 0 Å². The number of nitrogens with zero attached hydrogens (tertiary/aromatic N) is 1. The maximum Gasteiger partial charge on any atom is 0.147 e. The molecule has 0 aliphatic heterocycles. The van der Waals surface area contributed by atoms with Gasteiger partial charge < -0.3 is 9.26 Å². The average Bonchev–Trinajstić information content (AvgIpc) is 2.78. The minimum Gasteiger partial charge on any atom is -0.497 e. The molecule has 2 aromatic rings. The maximum absolute atomic E-state index is 5.14. The molecule has 78 valence electrons. The van der Waals surface area contributed by atoms with E-state index >= 15 is 0 Å². The summed E-state index contributed by atoms with van der Waals surface area (Å²) in [6.45, 7) is 0. The molecule has 0 saturated heterocycles. The number of benzene rings is 1. The summed E-state index contributed by atoms with van der Waals surface area (Å²) in [5.74, 6) is 1.63. The fraction of sp³-hybridized carbons (Fsp3) is 0.182. The summed E-state index contributed by atoms with van der Waals surface area (Å²) < 4.78 is 10.2. The number of methoxy groups -OCH3 is 1. The highest BCUT2D eigenvalue weighted by atomic mass is 79.9. The first-order valence-electron chi connectivity index (χ1n) is 4.49. The Labute approximate surface area is 96.2 Å². The van der Waals surface area contributed by atoms with Gasteiger partial charge in [0.25, 0.3) is 0 Å². The second-order valence-corrected chi connectivity index (χ2v) is 3.60. The van der Waals surface area contributed by atoms with Crippen molar-refractivity contribution in [1.29, 1.82) is 0 Å². The number of ether oxygens (including phenoxy) is 1. The molecule has 0 radical (unpaired) electrons. The molecule has 0 fully saturated rings. The summed E-state index contributed by atoms with van der Waals surface area (Å²) in [4.78, 5) is 0. The molecule has 0 amide bonds. The summed E-state index contributed by atoms with van der Waals surface area (Å²) in [7, 11) is 1.64. The van der Waals surface area contributed by atoms with Crippen LogP contribution in [0.25, 0.3) is 11.3 Å². The van der Waals surface area contributed by atoms with E-state index in [1.165, 1.54) is 0 Å². The molecule has 1 aromatic carbocycles. The van der Waals surface area contributed by atoms with Gasteiger partial charge in [-0.25, -0.2) is 0 Å². The van der Waals surface area contributed by atoms with Gasteiger partial charge in [0.1, 0.15) is 17.2 Å². The van der Waals surface area contributed by atoms with Crippen LogP contribution in [0.1, 0.15) is 5.76 Å². The van der Waals surface area contributed by atoms with Gasteiger partial charge in [0.15, 0.2) is 0 Å². The van der Waals surface area contributed by atoms with Crippen molar-refractivity contribution in [2.45, 2.75) is 5.33 Å². The number of rotatable bonds is 3. The Morgan fingerprint density at radius 2 is 2.27 bits per heavy atom. The van der Waals surface area contributed by atoms with E-state index in [1.807, 2.05) is 30.3 Å². The maximum atomic E-state index is 5.14. The molecule has 1 aromatic heterocycles. The fourth-order valence-electron chi connectivity index (χ4n) is 1.29. The van der Waals surface area contributed by atoms with Gasteiger partial charge in [0.2, 0.25) is 0 Å². The predicted molar refractivity (Wildman–Crippen MR) is 61.1 cm³/mol. The monoisotopic (exact) mass is 267 g/mol. The third-order valence-corrected chi connectivity index (χ3v) is 2.61. The van der Waals surface area contributed by atoms with E-state index in [0.717, 1.165) is 22.8 Å². The molecule has 2 rings (SSSR count). The van der Waals surface area contributed by atoms with Crippen LogP contribution in [0.4, 0.5) is 0 Å². The zero-order valence-electron chi connectivity index (χ0n) is 8.24. The van der Waals surface area contributed by atoms with Crippen molar-refractivity contribution in [3.63, 3.8) is 0 Å². The van der Waals surface area contributed by atoms with E-state index in [-0.39, 0.29) is 0 Å². The SMILES string of the molecule is COc1cccc(-c2cc(CBr)on2)c1. The van der Waals surface area contributed by atoms with Crippen LogP contribution in [0.5, 0.6) is 5.75 Å². The Bertz CT molecular complexity index is 453. The highest BCUT2D eigenvalue weighted by molar-refractivity contribution is 9.08. The molecule has 0 aliphatic carbocycles. The van der Waals surface area contributed by atoms with Gasteiger partial charge >= 0.3 is 0 Å². The van der Waals surface area contributed by atoms with Gasteiger partial charge in [-0.1, -0.05) is 33.2 Å². The molecule has 0 saturated carbocycles. The molecule has 0 bridgehead atoms. The summed E-state index contributed by atoms with van der Waals surface area (Å²) in [6.07, 6.45) is 0. The number of alkyl halides is 1. The van der Waals surface area contributed by atoms with Crippen LogP contribution >= 0.6 is 15.9 Å². The lowest BCUT2D eigenvalue weighted by molar-refractivity contribution is 0.397. The lowest BCUT2D eigenvalue weighted by Crippen LogP contribution is -1.83. The van der Waals surface area contributed by atoms with Crippen LogP contribution in [-0.2, 0) is 5.33 Å². The van der Waals surface area contributed by atoms with Gasteiger partial charge in [-0.3, -0.25) is 0 Å². The summed E-state index contributed by atoms with van der Waals surface area (Å²) in [5, 5.41) is 4.64. The van der Waals surface area contributed by atoms with Crippen molar-refractivity contribution >= 4 is 15.9 Å². The molecule has 0 N–H and O–H groups in total. The number of halogens is 1. The van der Waals surface area contributed by atoms with Crippen LogP contribution in [-0.4, -0.2) is 12.3 Å². The van der Waals surface area contributed by atoms with E-state index < -0.39 is 0 Å². The lowest BCUT2D eigenvalue weighted by atomic mass is 10.1. The number of aromatic nitrogens is 1. The minimum atomic E-state index is 0.671. The topological polar surface area (TPSA) is 35.3 Å². The van der Waals surface area contributed by atoms with E-state index in [0.29, 0.717) is 5.33 Å². The molecular weight excluding hydrogens is 258 g/mol. The molecular formula is C11H10BrNO2. The number of hydrogen-bond donors (Lipinski definition) is 0. The molecule has 3 nitrogen and oxygen atoms in total. The highest BCUT2D eigenvalue weighted by Gasteiger charge is 2.05. The van der Waals surface area contributed by atoms with Crippen LogP contribution in [0.15, 0.2) is 34.9 Å². The molecule has 4 heteroatoms. The molecule has 0 atom stereocenters. The standard InChI is InChI=1S/C11H10BrNO2/c1-14-9-4-2-3-8(5-9)11-6-10(7-12)15-13-11/h2-6H,7H2,1H3. The third kappa shape index (κ3) is 2.21. The normalized spacial score (nSPS) is 10.3. The zero-order valence-corrected chi connectivity index (χ0v) is 9.82. The second-order valence-electron chi connectivity index (χ2n) is 3.04. The summed E-state index contributed by atoms with van der Waals surface area (Å²) in [5.41, 5.74) is 1.81. The van der Waals surface area contributed by atoms with Crippen LogP contribution in [0, 0.1) is 0 Å². The Balaban J connectivity index is 2.35. The van der Waals surface area contributed by atoms with Gasteiger partial charge in [0.05, 0.1) is 12.4 Å². The van der Waals surface area contributed by atoms with Crippen LogP contribution in [0.2, 0.25) is 0 Å². The first kappa shape index (κ1) is 10.2. The summed E-state index contributed by atoms with van der Waals surface area (Å²) >= 11 is 3.31. The fourth-order valence-corrected chi connectivity index (χ4v) is 1.56. The third-order valence-electron chi connectivity index (χ3n) is 2.06. The first-order chi connectivity index (χ1) is 7.33.